The van der Waals surface area contributed by atoms with Gasteiger partial charge in [0.25, 0.3) is 5.91 Å². The minimum atomic E-state index is -0.0661. The minimum Gasteiger partial charge on any atom is -0.285 e. The first-order chi connectivity index (χ1) is 11.3. The summed E-state index contributed by atoms with van der Waals surface area (Å²) in [5, 5.41) is 2.11. The fourth-order valence-corrected chi connectivity index (χ4v) is 2.68. The molecule has 0 atom stereocenters. The highest BCUT2D eigenvalue weighted by atomic mass is 16.2. The normalized spacial score (nSPS) is 11.8. The molecule has 0 heterocycles. The van der Waals surface area contributed by atoms with Gasteiger partial charge in [-0.05, 0) is 33.6 Å². The van der Waals surface area contributed by atoms with Gasteiger partial charge in [0.15, 0.2) is 0 Å². The van der Waals surface area contributed by atoms with Crippen LogP contribution in [0.1, 0.15) is 105 Å². The highest BCUT2D eigenvalue weighted by Gasteiger charge is 2.25. The molecule has 24 heavy (non-hydrogen) atoms. The van der Waals surface area contributed by atoms with Crippen molar-refractivity contribution in [1.82, 2.24) is 10.4 Å². The van der Waals surface area contributed by atoms with Crippen LogP contribution in [0.3, 0.4) is 0 Å². The van der Waals surface area contributed by atoms with Gasteiger partial charge in [-0.3, -0.25) is 10.2 Å². The summed E-state index contributed by atoms with van der Waals surface area (Å²) in [5.41, 5.74) is 3.57. The average Bonchev–Trinajstić information content (AvgIpc) is 2.54. The molecule has 0 unspecified atom stereocenters. The van der Waals surface area contributed by atoms with E-state index < -0.39 is 0 Å². The van der Waals surface area contributed by atoms with Crippen molar-refractivity contribution >= 4 is 5.91 Å². The van der Waals surface area contributed by atoms with Gasteiger partial charge in [0.1, 0.15) is 0 Å². The highest BCUT2D eigenvalue weighted by molar-refractivity contribution is 5.91. The van der Waals surface area contributed by atoms with Crippen molar-refractivity contribution in [2.75, 3.05) is 6.54 Å². The molecule has 0 saturated carbocycles. The van der Waals surface area contributed by atoms with Crippen molar-refractivity contribution in [3.8, 4) is 0 Å². The number of rotatable bonds is 15. The Morgan fingerprint density at radius 2 is 1.38 bits per heavy atom. The summed E-state index contributed by atoms with van der Waals surface area (Å²) < 4.78 is 0. The summed E-state index contributed by atoms with van der Waals surface area (Å²) >= 11 is 0. The second-order valence-electron chi connectivity index (χ2n) is 7.72. The monoisotopic (exact) mass is 338 g/mol. The summed E-state index contributed by atoms with van der Waals surface area (Å²) in [7, 11) is 0. The Morgan fingerprint density at radius 3 is 1.79 bits per heavy atom. The van der Waals surface area contributed by atoms with Gasteiger partial charge in [0.2, 0.25) is 0 Å². The van der Waals surface area contributed by atoms with Gasteiger partial charge in [-0.15, -0.1) is 0 Å². The van der Waals surface area contributed by atoms with E-state index in [0.29, 0.717) is 5.57 Å². The van der Waals surface area contributed by atoms with E-state index in [4.69, 9.17) is 0 Å². The highest BCUT2D eigenvalue weighted by Crippen LogP contribution is 2.18. The third-order valence-electron chi connectivity index (χ3n) is 4.96. The van der Waals surface area contributed by atoms with Crippen LogP contribution < -0.4 is 5.43 Å². The maximum absolute atomic E-state index is 11.9. The molecule has 0 bridgehead atoms. The molecular weight excluding hydrogens is 296 g/mol. The third kappa shape index (κ3) is 10.9. The zero-order valence-corrected chi connectivity index (χ0v) is 17.0. The standard InChI is InChI=1S/C21H42N2O/c1-7-9-10-11-12-13-14-15-16-17-18-23(21(5,6)8-2)22-20(24)19(3)4/h3,7-18H2,1-2,4-6H3,(H,22,24). The fraction of sp³-hybridized carbons (Fsp3) is 0.857. The van der Waals surface area contributed by atoms with Crippen LogP contribution in [0, 0.1) is 0 Å². The van der Waals surface area contributed by atoms with Gasteiger partial charge in [0, 0.05) is 17.7 Å². The van der Waals surface area contributed by atoms with Gasteiger partial charge in [-0.1, -0.05) is 78.2 Å². The molecule has 0 rings (SSSR count). The molecule has 0 spiro atoms. The van der Waals surface area contributed by atoms with Crippen molar-refractivity contribution in [2.45, 2.75) is 111 Å². The maximum atomic E-state index is 11.9. The van der Waals surface area contributed by atoms with Crippen LogP contribution >= 0.6 is 0 Å². The van der Waals surface area contributed by atoms with Crippen molar-refractivity contribution in [2.24, 2.45) is 0 Å². The predicted octanol–water partition coefficient (Wildman–Crippen LogP) is 6.01. The van der Waals surface area contributed by atoms with Gasteiger partial charge in [0.05, 0.1) is 0 Å². The number of amides is 1. The molecule has 0 aromatic rings. The number of unbranched alkanes of at least 4 members (excludes halogenated alkanes) is 9. The molecule has 0 radical (unpaired) electrons. The maximum Gasteiger partial charge on any atom is 0.260 e. The summed E-state index contributed by atoms with van der Waals surface area (Å²) in [5.74, 6) is -0.0661. The fourth-order valence-electron chi connectivity index (χ4n) is 2.68. The number of carbonyl (C=O) groups is 1. The first-order valence-corrected chi connectivity index (χ1v) is 10.1. The molecular formula is C21H42N2O. The number of carbonyl (C=O) groups excluding carboxylic acids is 1. The Labute approximate surface area is 151 Å². The lowest BCUT2D eigenvalue weighted by Crippen LogP contribution is -2.54. The Kier molecular flexibility index (Phi) is 13.0. The molecule has 0 aliphatic heterocycles. The van der Waals surface area contributed by atoms with Gasteiger partial charge >= 0.3 is 0 Å². The molecule has 0 aliphatic rings. The third-order valence-corrected chi connectivity index (χ3v) is 4.96. The van der Waals surface area contributed by atoms with E-state index in [1.165, 1.54) is 57.8 Å². The van der Waals surface area contributed by atoms with Crippen LogP contribution in [0.25, 0.3) is 0 Å². The van der Waals surface area contributed by atoms with E-state index in [1.54, 1.807) is 6.92 Å². The first kappa shape index (κ1) is 23.2. The van der Waals surface area contributed by atoms with Crippen LogP contribution in [0.2, 0.25) is 0 Å². The topological polar surface area (TPSA) is 32.3 Å². The molecule has 1 N–H and O–H groups in total. The number of hydrogen-bond acceptors (Lipinski definition) is 2. The molecule has 3 heteroatoms. The van der Waals surface area contributed by atoms with E-state index in [2.05, 4.69) is 44.7 Å². The van der Waals surface area contributed by atoms with Crippen molar-refractivity contribution in [3.63, 3.8) is 0 Å². The van der Waals surface area contributed by atoms with Gasteiger partial charge in [-0.2, -0.15) is 0 Å². The van der Waals surface area contributed by atoms with Crippen LogP contribution in [0.15, 0.2) is 12.2 Å². The summed E-state index contributed by atoms with van der Waals surface area (Å²) in [6.07, 6.45) is 14.3. The number of hydrogen-bond donors (Lipinski definition) is 1. The Bertz CT molecular complexity index is 350. The van der Waals surface area contributed by atoms with Crippen LogP contribution in [-0.2, 0) is 4.79 Å². The molecule has 3 nitrogen and oxygen atoms in total. The zero-order valence-electron chi connectivity index (χ0n) is 17.0. The van der Waals surface area contributed by atoms with Crippen LogP contribution in [0.4, 0.5) is 0 Å². The van der Waals surface area contributed by atoms with E-state index in [1.807, 2.05) is 0 Å². The zero-order chi connectivity index (χ0) is 18.4. The first-order valence-electron chi connectivity index (χ1n) is 10.1. The minimum absolute atomic E-state index is 0.0234. The Balaban J connectivity index is 3.95. The smallest absolute Gasteiger partial charge is 0.260 e. The Hall–Kier alpha value is -0.830. The SMILES string of the molecule is C=C(C)C(=O)NN(CCCCCCCCCCCC)C(C)(C)CC. The van der Waals surface area contributed by atoms with E-state index in [-0.39, 0.29) is 11.4 Å². The lowest BCUT2D eigenvalue weighted by Gasteiger charge is -2.38. The quantitative estimate of drug-likeness (QED) is 0.225. The Morgan fingerprint density at radius 1 is 0.917 bits per heavy atom. The number of hydrazine groups is 1. The second kappa shape index (κ2) is 13.5. The average molecular weight is 339 g/mol. The molecule has 0 fully saturated rings. The van der Waals surface area contributed by atoms with Crippen LogP contribution in [-0.4, -0.2) is 23.0 Å². The van der Waals surface area contributed by atoms with E-state index in [9.17, 15) is 4.79 Å². The molecule has 142 valence electrons. The van der Waals surface area contributed by atoms with Gasteiger partial charge in [-0.25, -0.2) is 5.01 Å². The molecule has 0 aromatic carbocycles. The molecule has 0 aliphatic carbocycles. The lowest BCUT2D eigenvalue weighted by molar-refractivity contribution is -0.125. The van der Waals surface area contributed by atoms with Crippen molar-refractivity contribution < 1.29 is 4.79 Å². The molecule has 0 aromatic heterocycles. The summed E-state index contributed by atoms with van der Waals surface area (Å²) in [6.45, 7) is 15.2. The number of nitrogens with zero attached hydrogens (tertiary/aromatic N) is 1. The molecule has 0 saturated heterocycles. The molecule has 1 amide bonds. The lowest BCUT2D eigenvalue weighted by atomic mass is 10.0. The van der Waals surface area contributed by atoms with E-state index >= 15 is 0 Å². The van der Waals surface area contributed by atoms with Gasteiger partial charge < -0.3 is 0 Å². The van der Waals surface area contributed by atoms with Crippen molar-refractivity contribution in [3.05, 3.63) is 12.2 Å². The van der Waals surface area contributed by atoms with Crippen molar-refractivity contribution in [1.29, 1.82) is 0 Å². The second-order valence-corrected chi connectivity index (χ2v) is 7.72. The summed E-state index contributed by atoms with van der Waals surface area (Å²) in [6, 6.07) is 0. The predicted molar refractivity (Wildman–Crippen MR) is 106 cm³/mol. The van der Waals surface area contributed by atoms with E-state index in [0.717, 1.165) is 19.4 Å². The largest absolute Gasteiger partial charge is 0.285 e. The summed E-state index contributed by atoms with van der Waals surface area (Å²) in [4.78, 5) is 11.9. The van der Waals surface area contributed by atoms with Crippen LogP contribution in [0.5, 0.6) is 0 Å². The number of nitrogens with one attached hydrogen (secondary N) is 1.